The third kappa shape index (κ3) is 7.34. The van der Waals surface area contributed by atoms with Gasteiger partial charge in [-0.1, -0.05) is 0 Å². The summed E-state index contributed by atoms with van der Waals surface area (Å²) in [5.41, 5.74) is 0. The molecule has 0 saturated heterocycles. The van der Waals surface area contributed by atoms with Gasteiger partial charge < -0.3 is 15.4 Å². The van der Waals surface area contributed by atoms with Gasteiger partial charge in [0, 0.05) is 6.54 Å². The summed E-state index contributed by atoms with van der Waals surface area (Å²) in [7, 11) is 1.88. The highest BCUT2D eigenvalue weighted by Gasteiger charge is 2.02. The number of rotatable bonds is 5. The molecule has 0 atom stereocenters. The Labute approximate surface area is 73.7 Å². The van der Waals surface area contributed by atoms with Gasteiger partial charge in [0.15, 0.2) is 0 Å². The van der Waals surface area contributed by atoms with Crippen LogP contribution in [0.5, 0.6) is 0 Å². The summed E-state index contributed by atoms with van der Waals surface area (Å²) in [5, 5.41) is 5.64. The number of ether oxygens (including phenoxy) is 1. The van der Waals surface area contributed by atoms with Crippen molar-refractivity contribution in [2.75, 3.05) is 20.1 Å². The fourth-order valence-corrected chi connectivity index (χ4v) is 0.711. The Balaban J connectivity index is 3.20. The molecule has 0 aliphatic rings. The molecule has 0 spiro atoms. The molecule has 0 saturated carbocycles. The zero-order chi connectivity index (χ0) is 9.40. The number of carbonyl (C=O) groups is 1. The molecule has 4 nitrogen and oxygen atoms in total. The Morgan fingerprint density at radius 1 is 1.42 bits per heavy atom. The van der Waals surface area contributed by atoms with Crippen LogP contribution in [-0.4, -0.2) is 32.3 Å². The predicted octanol–water partition coefficient (Wildman–Crippen LogP) is 0.730. The summed E-state index contributed by atoms with van der Waals surface area (Å²) in [4.78, 5) is 10.9. The van der Waals surface area contributed by atoms with E-state index >= 15 is 0 Å². The van der Waals surface area contributed by atoms with Crippen molar-refractivity contribution in [1.82, 2.24) is 10.6 Å². The summed E-state index contributed by atoms with van der Waals surface area (Å²) in [5.74, 6) is 0. The lowest BCUT2D eigenvalue weighted by Crippen LogP contribution is -2.29. The van der Waals surface area contributed by atoms with Crippen molar-refractivity contribution in [2.24, 2.45) is 0 Å². The van der Waals surface area contributed by atoms with E-state index in [1.165, 1.54) is 0 Å². The smallest absolute Gasteiger partial charge is 0.407 e. The number of carbonyl (C=O) groups excluding carboxylic acids is 1. The van der Waals surface area contributed by atoms with E-state index < -0.39 is 0 Å². The van der Waals surface area contributed by atoms with E-state index in [2.05, 4.69) is 10.6 Å². The van der Waals surface area contributed by atoms with Crippen LogP contribution in [0, 0.1) is 0 Å². The summed E-state index contributed by atoms with van der Waals surface area (Å²) < 4.78 is 4.86. The Morgan fingerprint density at radius 3 is 2.58 bits per heavy atom. The molecule has 0 radical (unpaired) electrons. The first-order chi connectivity index (χ1) is 5.66. The van der Waals surface area contributed by atoms with Crippen molar-refractivity contribution < 1.29 is 9.53 Å². The number of alkyl carbamates (subject to hydrolysis) is 1. The lowest BCUT2D eigenvalue weighted by Gasteiger charge is -2.08. The number of hydrogen-bond donors (Lipinski definition) is 2. The molecule has 0 aromatic heterocycles. The van der Waals surface area contributed by atoms with Gasteiger partial charge in [-0.2, -0.15) is 0 Å². The quantitative estimate of drug-likeness (QED) is 0.604. The van der Waals surface area contributed by atoms with Crippen molar-refractivity contribution in [3.05, 3.63) is 0 Å². The fraction of sp³-hybridized carbons (Fsp3) is 0.875. The molecule has 0 aromatic carbocycles. The molecule has 1 amide bonds. The molecule has 72 valence electrons. The van der Waals surface area contributed by atoms with Crippen LogP contribution in [-0.2, 0) is 4.74 Å². The van der Waals surface area contributed by atoms with Crippen LogP contribution < -0.4 is 10.6 Å². The molecule has 0 aliphatic heterocycles. The molecule has 0 unspecified atom stereocenters. The number of hydrogen-bond acceptors (Lipinski definition) is 3. The SMILES string of the molecule is CNCCCNC(=O)OC(C)C. The molecular formula is C8H18N2O2. The van der Waals surface area contributed by atoms with Gasteiger partial charge in [-0.25, -0.2) is 4.79 Å². The standard InChI is InChI=1S/C8H18N2O2/c1-7(2)12-8(11)10-6-4-5-9-3/h7,9H,4-6H2,1-3H3,(H,10,11). The van der Waals surface area contributed by atoms with Crippen molar-refractivity contribution in [2.45, 2.75) is 26.4 Å². The van der Waals surface area contributed by atoms with E-state index in [1.54, 1.807) is 0 Å². The summed E-state index contributed by atoms with van der Waals surface area (Å²) >= 11 is 0. The summed E-state index contributed by atoms with van der Waals surface area (Å²) in [6, 6.07) is 0. The molecule has 0 heterocycles. The summed E-state index contributed by atoms with van der Waals surface area (Å²) in [6.45, 7) is 5.22. The van der Waals surface area contributed by atoms with Crippen molar-refractivity contribution in [3.63, 3.8) is 0 Å². The first-order valence-electron chi connectivity index (χ1n) is 4.26. The van der Waals surface area contributed by atoms with Crippen LogP contribution in [0.1, 0.15) is 20.3 Å². The molecule has 0 rings (SSSR count). The van der Waals surface area contributed by atoms with Gasteiger partial charge in [0.2, 0.25) is 0 Å². The topological polar surface area (TPSA) is 50.4 Å². The Bertz CT molecular complexity index is 126. The zero-order valence-electron chi connectivity index (χ0n) is 8.02. The highest BCUT2D eigenvalue weighted by Crippen LogP contribution is 1.87. The molecule has 0 fully saturated rings. The lowest BCUT2D eigenvalue weighted by atomic mass is 10.4. The van der Waals surface area contributed by atoms with Crippen LogP contribution >= 0.6 is 0 Å². The van der Waals surface area contributed by atoms with E-state index in [0.717, 1.165) is 13.0 Å². The average Bonchev–Trinajstić information content (AvgIpc) is 1.97. The molecule has 0 aliphatic carbocycles. The second kappa shape index (κ2) is 6.91. The minimum absolute atomic E-state index is 0.0469. The normalized spacial score (nSPS) is 10.0. The van der Waals surface area contributed by atoms with Crippen LogP contribution in [0.25, 0.3) is 0 Å². The monoisotopic (exact) mass is 174 g/mol. The molecule has 0 bridgehead atoms. The first kappa shape index (κ1) is 11.2. The van der Waals surface area contributed by atoms with E-state index in [-0.39, 0.29) is 12.2 Å². The van der Waals surface area contributed by atoms with Gasteiger partial charge in [-0.3, -0.25) is 0 Å². The van der Waals surface area contributed by atoms with E-state index in [0.29, 0.717) is 6.54 Å². The van der Waals surface area contributed by atoms with E-state index in [9.17, 15) is 4.79 Å². The molecule has 12 heavy (non-hydrogen) atoms. The maximum absolute atomic E-state index is 10.9. The summed E-state index contributed by atoms with van der Waals surface area (Å²) in [6.07, 6.45) is 0.541. The minimum atomic E-state index is -0.332. The predicted molar refractivity (Wildman–Crippen MR) is 48.2 cm³/mol. The first-order valence-corrected chi connectivity index (χ1v) is 4.26. The van der Waals surface area contributed by atoms with Crippen molar-refractivity contribution in [1.29, 1.82) is 0 Å². The fourth-order valence-electron chi connectivity index (χ4n) is 0.711. The maximum atomic E-state index is 10.9. The highest BCUT2D eigenvalue weighted by molar-refractivity contribution is 5.67. The highest BCUT2D eigenvalue weighted by atomic mass is 16.6. The van der Waals surface area contributed by atoms with Crippen LogP contribution in [0.4, 0.5) is 4.79 Å². The van der Waals surface area contributed by atoms with Crippen molar-refractivity contribution in [3.8, 4) is 0 Å². The van der Waals surface area contributed by atoms with Gasteiger partial charge in [0.1, 0.15) is 0 Å². The molecule has 2 N–H and O–H groups in total. The number of nitrogens with one attached hydrogen (secondary N) is 2. The third-order valence-electron chi connectivity index (χ3n) is 1.22. The number of amides is 1. The average molecular weight is 174 g/mol. The Kier molecular flexibility index (Phi) is 6.47. The minimum Gasteiger partial charge on any atom is -0.447 e. The van der Waals surface area contributed by atoms with Crippen LogP contribution in [0.15, 0.2) is 0 Å². The Hall–Kier alpha value is -0.770. The zero-order valence-corrected chi connectivity index (χ0v) is 8.02. The molecule has 4 heteroatoms. The van der Waals surface area contributed by atoms with E-state index in [1.807, 2.05) is 20.9 Å². The lowest BCUT2D eigenvalue weighted by molar-refractivity contribution is 0.115. The van der Waals surface area contributed by atoms with Gasteiger partial charge in [-0.15, -0.1) is 0 Å². The molecular weight excluding hydrogens is 156 g/mol. The molecule has 0 aromatic rings. The van der Waals surface area contributed by atoms with Gasteiger partial charge in [-0.05, 0) is 33.9 Å². The van der Waals surface area contributed by atoms with Gasteiger partial charge >= 0.3 is 6.09 Å². The van der Waals surface area contributed by atoms with Crippen LogP contribution in [0.3, 0.4) is 0 Å². The van der Waals surface area contributed by atoms with Gasteiger partial charge in [0.05, 0.1) is 6.10 Å². The van der Waals surface area contributed by atoms with Crippen molar-refractivity contribution >= 4 is 6.09 Å². The van der Waals surface area contributed by atoms with E-state index in [4.69, 9.17) is 4.74 Å². The second-order valence-corrected chi connectivity index (χ2v) is 2.84. The third-order valence-corrected chi connectivity index (χ3v) is 1.22. The van der Waals surface area contributed by atoms with Gasteiger partial charge in [0.25, 0.3) is 0 Å². The largest absolute Gasteiger partial charge is 0.447 e. The second-order valence-electron chi connectivity index (χ2n) is 2.84. The van der Waals surface area contributed by atoms with Crippen LogP contribution in [0.2, 0.25) is 0 Å². The maximum Gasteiger partial charge on any atom is 0.407 e. The Morgan fingerprint density at radius 2 is 2.08 bits per heavy atom.